The van der Waals surface area contributed by atoms with Gasteiger partial charge in [0.25, 0.3) is 0 Å². The van der Waals surface area contributed by atoms with E-state index in [4.69, 9.17) is 5.11 Å². The Balaban J connectivity index is 2.78. The van der Waals surface area contributed by atoms with Crippen molar-refractivity contribution < 1.29 is 29.6 Å². The fourth-order valence-electron chi connectivity index (χ4n) is 1.44. The predicted octanol–water partition coefficient (Wildman–Crippen LogP) is -0.119. The van der Waals surface area contributed by atoms with Gasteiger partial charge in [-0.3, -0.25) is 4.79 Å². The maximum absolute atomic E-state index is 11.0. The summed E-state index contributed by atoms with van der Waals surface area (Å²) in [6, 6.07) is 5.93. The topological polar surface area (TPSA) is 104 Å². The number of carboxylic acid groups (broad SMARTS) is 1. The molecule has 1 aromatic rings. The van der Waals surface area contributed by atoms with Crippen molar-refractivity contribution in [2.75, 3.05) is 7.11 Å². The second kappa shape index (κ2) is 6.13. The predicted molar refractivity (Wildman–Crippen MR) is 60.8 cm³/mol. The Morgan fingerprint density at radius 1 is 1.22 bits per heavy atom. The average molecular weight is 254 g/mol. The largest absolute Gasteiger partial charge is 0.481 e. The molecule has 0 spiro atoms. The van der Waals surface area contributed by atoms with Gasteiger partial charge in [-0.15, -0.1) is 0 Å². The molecule has 0 aliphatic rings. The lowest BCUT2D eigenvalue weighted by atomic mass is 10.0. The molecule has 1 rings (SSSR count). The molecule has 6 heteroatoms. The number of aliphatic hydroxyl groups is 2. The minimum absolute atomic E-state index is 0.129. The molecule has 0 radical (unpaired) electrons. The number of carbonyl (C=O) groups excluding carboxylic acids is 1. The Hall–Kier alpha value is -1.92. The molecule has 0 aromatic heterocycles. The highest BCUT2D eigenvalue weighted by molar-refractivity contribution is 5.75. The molecule has 2 atom stereocenters. The van der Waals surface area contributed by atoms with Crippen LogP contribution >= 0.6 is 0 Å². The van der Waals surface area contributed by atoms with Crippen LogP contribution in [-0.4, -0.2) is 40.5 Å². The molecule has 2 unspecified atom stereocenters. The monoisotopic (exact) mass is 254 g/mol. The normalized spacial score (nSPS) is 13.7. The molecular weight excluding hydrogens is 240 g/mol. The van der Waals surface area contributed by atoms with Crippen LogP contribution in [-0.2, 0) is 20.7 Å². The molecule has 3 N–H and O–H groups in total. The number of ether oxygens (including phenoxy) is 1. The van der Waals surface area contributed by atoms with Crippen LogP contribution in [0.1, 0.15) is 17.2 Å². The van der Waals surface area contributed by atoms with E-state index in [1.54, 1.807) is 0 Å². The zero-order chi connectivity index (χ0) is 13.7. The Bertz CT molecular complexity index is 425. The van der Waals surface area contributed by atoms with Gasteiger partial charge >= 0.3 is 11.9 Å². The van der Waals surface area contributed by atoms with E-state index in [0.717, 1.165) is 7.11 Å². The van der Waals surface area contributed by atoms with Crippen LogP contribution in [0.15, 0.2) is 24.3 Å². The van der Waals surface area contributed by atoms with Gasteiger partial charge in [-0.1, -0.05) is 24.3 Å². The summed E-state index contributed by atoms with van der Waals surface area (Å²) in [6.45, 7) is 0. The maximum Gasteiger partial charge on any atom is 0.337 e. The SMILES string of the molecule is COC(=O)C(O)C(O)c1ccc(CC(=O)O)cc1. The first-order valence-corrected chi connectivity index (χ1v) is 5.20. The first kappa shape index (κ1) is 14.1. The van der Waals surface area contributed by atoms with E-state index >= 15 is 0 Å². The molecule has 0 saturated heterocycles. The van der Waals surface area contributed by atoms with E-state index in [1.165, 1.54) is 24.3 Å². The van der Waals surface area contributed by atoms with Crippen LogP contribution in [0.25, 0.3) is 0 Å². The number of aliphatic hydroxyl groups excluding tert-OH is 2. The fourth-order valence-corrected chi connectivity index (χ4v) is 1.44. The lowest BCUT2D eigenvalue weighted by Crippen LogP contribution is -2.29. The zero-order valence-corrected chi connectivity index (χ0v) is 9.74. The molecule has 0 amide bonds. The Morgan fingerprint density at radius 2 is 1.78 bits per heavy atom. The first-order chi connectivity index (χ1) is 8.45. The van der Waals surface area contributed by atoms with Gasteiger partial charge in [0.2, 0.25) is 0 Å². The van der Waals surface area contributed by atoms with E-state index in [0.29, 0.717) is 11.1 Å². The molecule has 98 valence electrons. The second-order valence-corrected chi connectivity index (χ2v) is 3.72. The van der Waals surface area contributed by atoms with E-state index in [-0.39, 0.29) is 6.42 Å². The van der Waals surface area contributed by atoms with Crippen LogP contribution in [0.2, 0.25) is 0 Å². The summed E-state index contributed by atoms with van der Waals surface area (Å²) in [4.78, 5) is 21.5. The third-order valence-electron chi connectivity index (χ3n) is 2.42. The smallest absolute Gasteiger partial charge is 0.337 e. The number of methoxy groups -OCH3 is 1. The number of carbonyl (C=O) groups is 2. The number of hydrogen-bond donors (Lipinski definition) is 3. The number of aliphatic carboxylic acids is 1. The molecule has 1 aromatic carbocycles. The summed E-state index contributed by atoms with van der Waals surface area (Å²) in [6.07, 6.45) is -3.20. The third kappa shape index (κ3) is 3.54. The van der Waals surface area contributed by atoms with Crippen molar-refractivity contribution >= 4 is 11.9 Å². The zero-order valence-electron chi connectivity index (χ0n) is 9.74. The van der Waals surface area contributed by atoms with Gasteiger partial charge < -0.3 is 20.1 Å². The maximum atomic E-state index is 11.0. The average Bonchev–Trinajstić information content (AvgIpc) is 2.36. The number of hydrogen-bond acceptors (Lipinski definition) is 5. The minimum Gasteiger partial charge on any atom is -0.481 e. The van der Waals surface area contributed by atoms with Crippen molar-refractivity contribution in [3.8, 4) is 0 Å². The fraction of sp³-hybridized carbons (Fsp3) is 0.333. The van der Waals surface area contributed by atoms with Crippen molar-refractivity contribution in [1.29, 1.82) is 0 Å². The number of rotatable bonds is 5. The van der Waals surface area contributed by atoms with Gasteiger partial charge in [-0.25, -0.2) is 4.79 Å². The number of esters is 1. The highest BCUT2D eigenvalue weighted by Crippen LogP contribution is 2.18. The first-order valence-electron chi connectivity index (χ1n) is 5.20. The van der Waals surface area contributed by atoms with Gasteiger partial charge in [0.15, 0.2) is 6.10 Å². The Labute approximate surface area is 103 Å². The van der Waals surface area contributed by atoms with Gasteiger partial charge in [-0.05, 0) is 11.1 Å². The molecular formula is C12H14O6. The lowest BCUT2D eigenvalue weighted by molar-refractivity contribution is -0.156. The van der Waals surface area contributed by atoms with Gasteiger partial charge in [0.05, 0.1) is 13.5 Å². The molecule has 18 heavy (non-hydrogen) atoms. The third-order valence-corrected chi connectivity index (χ3v) is 2.42. The quantitative estimate of drug-likeness (QED) is 0.633. The summed E-state index contributed by atoms with van der Waals surface area (Å²) >= 11 is 0. The van der Waals surface area contributed by atoms with Gasteiger partial charge in [-0.2, -0.15) is 0 Å². The summed E-state index contributed by atoms with van der Waals surface area (Å²) < 4.78 is 4.30. The standard InChI is InChI=1S/C12H14O6/c1-18-12(17)11(16)10(15)8-4-2-7(3-5-8)6-9(13)14/h2-5,10-11,15-16H,6H2,1H3,(H,13,14). The highest BCUT2D eigenvalue weighted by atomic mass is 16.5. The van der Waals surface area contributed by atoms with Crippen molar-refractivity contribution in [3.63, 3.8) is 0 Å². The second-order valence-electron chi connectivity index (χ2n) is 3.72. The van der Waals surface area contributed by atoms with Crippen molar-refractivity contribution in [1.82, 2.24) is 0 Å². The molecule has 0 aliphatic carbocycles. The van der Waals surface area contributed by atoms with Crippen molar-refractivity contribution in [3.05, 3.63) is 35.4 Å². The van der Waals surface area contributed by atoms with Crippen LogP contribution in [0.4, 0.5) is 0 Å². The van der Waals surface area contributed by atoms with E-state index in [9.17, 15) is 19.8 Å². The van der Waals surface area contributed by atoms with Crippen LogP contribution < -0.4 is 0 Å². The Morgan fingerprint density at radius 3 is 2.22 bits per heavy atom. The number of carboxylic acids is 1. The van der Waals surface area contributed by atoms with Crippen LogP contribution in [0, 0.1) is 0 Å². The summed E-state index contributed by atoms with van der Waals surface area (Å²) in [5.41, 5.74) is 0.869. The van der Waals surface area contributed by atoms with Crippen LogP contribution in [0.3, 0.4) is 0 Å². The van der Waals surface area contributed by atoms with Gasteiger partial charge in [0.1, 0.15) is 6.10 Å². The van der Waals surface area contributed by atoms with E-state index in [1.807, 2.05) is 0 Å². The van der Waals surface area contributed by atoms with Crippen molar-refractivity contribution in [2.24, 2.45) is 0 Å². The number of benzene rings is 1. The Kier molecular flexibility index (Phi) is 4.82. The molecule has 6 nitrogen and oxygen atoms in total. The summed E-state index contributed by atoms with van der Waals surface area (Å²) in [5.74, 6) is -1.89. The lowest BCUT2D eigenvalue weighted by Gasteiger charge is -2.16. The van der Waals surface area contributed by atoms with E-state index < -0.39 is 24.1 Å². The molecule has 0 saturated carbocycles. The minimum atomic E-state index is -1.67. The molecule has 0 fully saturated rings. The molecule has 0 heterocycles. The molecule has 0 bridgehead atoms. The highest BCUT2D eigenvalue weighted by Gasteiger charge is 2.26. The van der Waals surface area contributed by atoms with Crippen LogP contribution in [0.5, 0.6) is 0 Å². The molecule has 0 aliphatic heterocycles. The van der Waals surface area contributed by atoms with Crippen molar-refractivity contribution in [2.45, 2.75) is 18.6 Å². The van der Waals surface area contributed by atoms with E-state index in [2.05, 4.69) is 4.74 Å². The van der Waals surface area contributed by atoms with Gasteiger partial charge in [0, 0.05) is 0 Å². The summed E-state index contributed by atoms with van der Waals surface area (Å²) in [7, 11) is 1.11. The summed E-state index contributed by atoms with van der Waals surface area (Å²) in [5, 5.41) is 27.7.